The predicted octanol–water partition coefficient (Wildman–Crippen LogP) is 3.74. The number of ether oxygens (including phenoxy) is 4. The molecule has 1 aromatic heterocycles. The standard InChI is InChI=1S/C26H28N2O6/c1-31-16-7-8-21-19(12-16)20(14-28-21)18(13-22(29)17-6-5-9-27-26(17)30)15-10-23(32-2)25(34-4)24(11-15)33-3/h6-8,10-12,14,18,28H,5,9,13H2,1-4H3,(H,27,30). The molecule has 0 bridgehead atoms. The summed E-state index contributed by atoms with van der Waals surface area (Å²) in [6, 6.07) is 9.42. The van der Waals surface area contributed by atoms with Crippen LogP contribution in [0.5, 0.6) is 23.0 Å². The van der Waals surface area contributed by atoms with Crippen molar-refractivity contribution in [3.8, 4) is 23.0 Å². The number of hydrogen-bond donors (Lipinski definition) is 2. The highest BCUT2D eigenvalue weighted by molar-refractivity contribution is 6.20. The zero-order valence-corrected chi connectivity index (χ0v) is 19.7. The third-order valence-corrected chi connectivity index (χ3v) is 6.10. The molecule has 2 aromatic carbocycles. The van der Waals surface area contributed by atoms with Gasteiger partial charge in [0.2, 0.25) is 5.75 Å². The first-order chi connectivity index (χ1) is 16.5. The number of hydrogen-bond acceptors (Lipinski definition) is 6. The molecule has 0 radical (unpaired) electrons. The Balaban J connectivity index is 1.87. The number of aromatic nitrogens is 1. The van der Waals surface area contributed by atoms with Gasteiger partial charge in [-0.2, -0.15) is 0 Å². The molecule has 1 atom stereocenters. The maximum atomic E-state index is 13.3. The van der Waals surface area contributed by atoms with Crippen LogP contribution in [-0.4, -0.2) is 51.7 Å². The fraction of sp³-hybridized carbons (Fsp3) is 0.308. The van der Waals surface area contributed by atoms with Crippen LogP contribution in [0.15, 0.2) is 48.2 Å². The molecule has 1 unspecified atom stereocenters. The second-order valence-corrected chi connectivity index (χ2v) is 7.96. The van der Waals surface area contributed by atoms with E-state index in [9.17, 15) is 9.59 Å². The van der Waals surface area contributed by atoms with Gasteiger partial charge in [0.05, 0.1) is 34.0 Å². The number of aromatic amines is 1. The van der Waals surface area contributed by atoms with E-state index in [0.717, 1.165) is 22.0 Å². The fourth-order valence-electron chi connectivity index (χ4n) is 4.37. The second kappa shape index (κ2) is 9.91. The van der Waals surface area contributed by atoms with E-state index < -0.39 is 5.92 Å². The maximum absolute atomic E-state index is 13.3. The zero-order valence-electron chi connectivity index (χ0n) is 19.7. The Morgan fingerprint density at radius 2 is 1.74 bits per heavy atom. The minimum absolute atomic E-state index is 0.0854. The molecule has 2 N–H and O–H groups in total. The van der Waals surface area contributed by atoms with E-state index in [1.807, 2.05) is 36.5 Å². The number of rotatable bonds is 9. The molecule has 3 aromatic rings. The number of nitrogens with one attached hydrogen (secondary N) is 2. The van der Waals surface area contributed by atoms with Gasteiger partial charge in [0, 0.05) is 36.0 Å². The minimum atomic E-state index is -0.391. The van der Waals surface area contributed by atoms with Crippen LogP contribution in [0.4, 0.5) is 0 Å². The molecular weight excluding hydrogens is 436 g/mol. The molecule has 0 saturated heterocycles. The summed E-state index contributed by atoms with van der Waals surface area (Å²) in [5.41, 5.74) is 2.80. The van der Waals surface area contributed by atoms with Crippen molar-refractivity contribution in [3.05, 3.63) is 59.3 Å². The van der Waals surface area contributed by atoms with Gasteiger partial charge in [-0.1, -0.05) is 6.08 Å². The highest BCUT2D eigenvalue weighted by atomic mass is 16.5. The van der Waals surface area contributed by atoms with E-state index in [-0.39, 0.29) is 23.7 Å². The number of ketones is 1. The number of H-pyrrole nitrogens is 1. The molecule has 0 saturated carbocycles. The molecule has 178 valence electrons. The van der Waals surface area contributed by atoms with Crippen molar-refractivity contribution in [1.29, 1.82) is 0 Å². The summed E-state index contributed by atoms with van der Waals surface area (Å²) in [5, 5.41) is 3.67. The Morgan fingerprint density at radius 3 is 2.35 bits per heavy atom. The van der Waals surface area contributed by atoms with E-state index in [0.29, 0.717) is 36.0 Å². The van der Waals surface area contributed by atoms with Gasteiger partial charge < -0.3 is 29.2 Å². The Kier molecular flexibility index (Phi) is 6.77. The molecule has 1 aliphatic heterocycles. The van der Waals surface area contributed by atoms with Crippen LogP contribution in [0, 0.1) is 0 Å². The molecule has 0 aliphatic carbocycles. The highest BCUT2D eigenvalue weighted by Crippen LogP contribution is 2.44. The van der Waals surface area contributed by atoms with Crippen LogP contribution in [-0.2, 0) is 9.59 Å². The lowest BCUT2D eigenvalue weighted by Gasteiger charge is -2.21. The Labute approximate surface area is 197 Å². The molecule has 8 heteroatoms. The molecule has 1 aliphatic rings. The van der Waals surface area contributed by atoms with Gasteiger partial charge in [-0.15, -0.1) is 0 Å². The Morgan fingerprint density at radius 1 is 1.00 bits per heavy atom. The summed E-state index contributed by atoms with van der Waals surface area (Å²) < 4.78 is 22.0. The second-order valence-electron chi connectivity index (χ2n) is 7.96. The maximum Gasteiger partial charge on any atom is 0.254 e. The number of methoxy groups -OCH3 is 4. The summed E-state index contributed by atoms with van der Waals surface area (Å²) in [5.74, 6) is 1.19. The normalized spacial score (nSPS) is 14.2. The van der Waals surface area contributed by atoms with Crippen LogP contribution in [0.25, 0.3) is 10.9 Å². The number of Topliss-reactive ketones (excluding diaryl/α,β-unsaturated/α-hetero) is 1. The number of carbonyl (C=O) groups excluding carboxylic acids is 2. The van der Waals surface area contributed by atoms with Crippen molar-refractivity contribution < 1.29 is 28.5 Å². The van der Waals surface area contributed by atoms with Crippen molar-refractivity contribution in [2.75, 3.05) is 35.0 Å². The number of amides is 1. The SMILES string of the molecule is COc1ccc2[nH]cc(C(CC(=O)C3=CCCNC3=O)c3cc(OC)c(OC)c(OC)c3)c2c1. The number of fused-ring (bicyclic) bond motifs is 1. The smallest absolute Gasteiger partial charge is 0.254 e. The van der Waals surface area contributed by atoms with Gasteiger partial charge in [-0.3, -0.25) is 9.59 Å². The largest absolute Gasteiger partial charge is 0.497 e. The van der Waals surface area contributed by atoms with Crippen molar-refractivity contribution in [1.82, 2.24) is 10.3 Å². The monoisotopic (exact) mass is 464 g/mol. The molecule has 0 fully saturated rings. The van der Waals surface area contributed by atoms with Crippen molar-refractivity contribution in [2.45, 2.75) is 18.8 Å². The van der Waals surface area contributed by atoms with Gasteiger partial charge in [-0.05, 0) is 47.9 Å². The molecule has 0 spiro atoms. The van der Waals surface area contributed by atoms with E-state index in [4.69, 9.17) is 18.9 Å². The van der Waals surface area contributed by atoms with Crippen molar-refractivity contribution in [2.24, 2.45) is 0 Å². The first kappa shape index (κ1) is 23.2. The molecule has 34 heavy (non-hydrogen) atoms. The van der Waals surface area contributed by atoms with Gasteiger partial charge in [0.25, 0.3) is 5.91 Å². The number of benzene rings is 2. The van der Waals surface area contributed by atoms with E-state index in [2.05, 4.69) is 10.3 Å². The van der Waals surface area contributed by atoms with Crippen LogP contribution < -0.4 is 24.3 Å². The quantitative estimate of drug-likeness (QED) is 0.468. The van der Waals surface area contributed by atoms with E-state index in [1.54, 1.807) is 34.5 Å². The lowest BCUT2D eigenvalue weighted by molar-refractivity contribution is -0.123. The van der Waals surface area contributed by atoms with Crippen LogP contribution in [0.2, 0.25) is 0 Å². The van der Waals surface area contributed by atoms with Crippen molar-refractivity contribution in [3.63, 3.8) is 0 Å². The molecule has 2 heterocycles. The van der Waals surface area contributed by atoms with E-state index in [1.165, 1.54) is 0 Å². The molecule has 4 rings (SSSR count). The van der Waals surface area contributed by atoms with Gasteiger partial charge >= 0.3 is 0 Å². The summed E-state index contributed by atoms with van der Waals surface area (Å²) >= 11 is 0. The highest BCUT2D eigenvalue weighted by Gasteiger charge is 2.28. The minimum Gasteiger partial charge on any atom is -0.497 e. The first-order valence-corrected chi connectivity index (χ1v) is 11.0. The topological polar surface area (TPSA) is 98.9 Å². The first-order valence-electron chi connectivity index (χ1n) is 11.0. The van der Waals surface area contributed by atoms with Crippen LogP contribution in [0.3, 0.4) is 0 Å². The Bertz CT molecular complexity index is 1230. The zero-order chi connectivity index (χ0) is 24.2. The van der Waals surface area contributed by atoms with Gasteiger partial charge in [-0.25, -0.2) is 0 Å². The summed E-state index contributed by atoms with van der Waals surface area (Å²) in [6.45, 7) is 0.536. The fourth-order valence-corrected chi connectivity index (χ4v) is 4.37. The molecular formula is C26H28N2O6. The van der Waals surface area contributed by atoms with Crippen LogP contribution in [0.1, 0.15) is 29.9 Å². The molecule has 1 amide bonds. The average Bonchev–Trinajstić information content (AvgIpc) is 3.29. The lowest BCUT2D eigenvalue weighted by atomic mass is 9.84. The lowest BCUT2D eigenvalue weighted by Crippen LogP contribution is -2.33. The Hall–Kier alpha value is -3.94. The predicted molar refractivity (Wildman–Crippen MR) is 128 cm³/mol. The molecule has 8 nitrogen and oxygen atoms in total. The van der Waals surface area contributed by atoms with Crippen molar-refractivity contribution >= 4 is 22.6 Å². The van der Waals surface area contributed by atoms with Gasteiger partial charge in [0.15, 0.2) is 17.3 Å². The average molecular weight is 465 g/mol. The summed E-state index contributed by atoms with van der Waals surface area (Å²) in [7, 11) is 6.26. The number of carbonyl (C=O) groups is 2. The summed E-state index contributed by atoms with van der Waals surface area (Å²) in [4.78, 5) is 29.0. The third-order valence-electron chi connectivity index (χ3n) is 6.10. The van der Waals surface area contributed by atoms with Crippen LogP contribution >= 0.6 is 0 Å². The third kappa shape index (κ3) is 4.31. The van der Waals surface area contributed by atoms with Gasteiger partial charge in [0.1, 0.15) is 5.75 Å². The van der Waals surface area contributed by atoms with E-state index >= 15 is 0 Å². The summed E-state index contributed by atoms with van der Waals surface area (Å²) in [6.07, 6.45) is 4.32.